The van der Waals surface area contributed by atoms with Gasteiger partial charge in [0.25, 0.3) is 0 Å². The zero-order valence-electron chi connectivity index (χ0n) is 11.4. The second-order valence-electron chi connectivity index (χ2n) is 4.06. The van der Waals surface area contributed by atoms with Gasteiger partial charge >= 0.3 is 0 Å². The predicted octanol–water partition coefficient (Wildman–Crippen LogP) is 0.222. The van der Waals surface area contributed by atoms with Gasteiger partial charge in [-0.1, -0.05) is 30.0 Å². The first kappa shape index (κ1) is 15.0. The number of likely N-dealkylation sites (N-methyl/N-ethyl adjacent to an activating group) is 1. The van der Waals surface area contributed by atoms with Gasteiger partial charge in [0, 0.05) is 12.7 Å². The number of carbonyl (C=O) groups is 2. The van der Waals surface area contributed by atoms with Crippen molar-refractivity contribution in [1.29, 1.82) is 0 Å². The summed E-state index contributed by atoms with van der Waals surface area (Å²) in [6.45, 7) is -0.0265. The summed E-state index contributed by atoms with van der Waals surface area (Å²) >= 11 is 1.26. The lowest BCUT2D eigenvalue weighted by molar-refractivity contribution is -0.124. The SMILES string of the molecule is CNC(=O)CNC(=O)CSc1nncn1-c1ccccc1. The molecule has 0 fully saturated rings. The Morgan fingerprint density at radius 2 is 2.00 bits per heavy atom. The van der Waals surface area contributed by atoms with Gasteiger partial charge in [-0.25, -0.2) is 0 Å². The summed E-state index contributed by atoms with van der Waals surface area (Å²) in [6.07, 6.45) is 1.60. The van der Waals surface area contributed by atoms with Gasteiger partial charge < -0.3 is 10.6 Å². The Kier molecular flexibility index (Phi) is 5.33. The second-order valence-corrected chi connectivity index (χ2v) is 5.00. The van der Waals surface area contributed by atoms with Gasteiger partial charge in [-0.15, -0.1) is 10.2 Å². The molecule has 0 radical (unpaired) electrons. The summed E-state index contributed by atoms with van der Waals surface area (Å²) in [5.74, 6) is -0.297. The van der Waals surface area contributed by atoms with Crippen molar-refractivity contribution in [3.05, 3.63) is 36.7 Å². The Bertz CT molecular complexity index is 614. The molecule has 0 aliphatic carbocycles. The van der Waals surface area contributed by atoms with Crippen LogP contribution in [0.3, 0.4) is 0 Å². The standard InChI is InChI=1S/C13H15N5O2S/c1-14-11(19)7-15-12(20)8-21-13-17-16-9-18(13)10-5-3-2-4-6-10/h2-6,9H,7-8H2,1H3,(H,14,19)(H,15,20). The highest BCUT2D eigenvalue weighted by Crippen LogP contribution is 2.18. The molecule has 1 aromatic heterocycles. The van der Waals surface area contributed by atoms with E-state index < -0.39 is 0 Å². The summed E-state index contributed by atoms with van der Waals surface area (Å²) in [6, 6.07) is 9.62. The number of hydrogen-bond acceptors (Lipinski definition) is 5. The first-order chi connectivity index (χ1) is 10.2. The molecule has 21 heavy (non-hydrogen) atoms. The molecule has 110 valence electrons. The highest BCUT2D eigenvalue weighted by atomic mass is 32.2. The molecule has 2 N–H and O–H groups in total. The fraction of sp³-hybridized carbons (Fsp3) is 0.231. The molecular formula is C13H15N5O2S. The lowest BCUT2D eigenvalue weighted by Crippen LogP contribution is -2.36. The van der Waals surface area contributed by atoms with E-state index >= 15 is 0 Å². The number of nitrogens with zero attached hydrogens (tertiary/aromatic N) is 3. The molecule has 2 aromatic rings. The minimum Gasteiger partial charge on any atom is -0.358 e. The number of nitrogens with one attached hydrogen (secondary N) is 2. The number of amides is 2. The van der Waals surface area contributed by atoms with Crippen molar-refractivity contribution >= 4 is 23.6 Å². The van der Waals surface area contributed by atoms with E-state index in [1.165, 1.54) is 18.8 Å². The van der Waals surface area contributed by atoms with Gasteiger partial charge in [0.1, 0.15) is 6.33 Å². The van der Waals surface area contributed by atoms with Gasteiger partial charge in [-0.05, 0) is 12.1 Å². The van der Waals surface area contributed by atoms with E-state index in [1.54, 1.807) is 10.9 Å². The van der Waals surface area contributed by atoms with E-state index in [-0.39, 0.29) is 24.1 Å². The Balaban J connectivity index is 1.91. The normalized spacial score (nSPS) is 10.1. The van der Waals surface area contributed by atoms with Crippen LogP contribution in [0.2, 0.25) is 0 Å². The third kappa shape index (κ3) is 4.32. The van der Waals surface area contributed by atoms with Crippen LogP contribution in [0.25, 0.3) is 5.69 Å². The Morgan fingerprint density at radius 3 is 2.71 bits per heavy atom. The third-order valence-electron chi connectivity index (χ3n) is 2.61. The van der Waals surface area contributed by atoms with Crippen molar-refractivity contribution in [3.8, 4) is 5.69 Å². The molecule has 0 unspecified atom stereocenters. The van der Waals surface area contributed by atoms with Crippen LogP contribution >= 0.6 is 11.8 Å². The van der Waals surface area contributed by atoms with Crippen molar-refractivity contribution in [2.45, 2.75) is 5.16 Å². The van der Waals surface area contributed by atoms with Crippen LogP contribution in [-0.2, 0) is 9.59 Å². The molecule has 0 aliphatic heterocycles. The number of carbonyl (C=O) groups excluding carboxylic acids is 2. The Labute approximate surface area is 126 Å². The minimum atomic E-state index is -0.235. The largest absolute Gasteiger partial charge is 0.358 e. The zero-order chi connectivity index (χ0) is 15.1. The van der Waals surface area contributed by atoms with Gasteiger partial charge in [-0.3, -0.25) is 14.2 Å². The average molecular weight is 305 g/mol. The van der Waals surface area contributed by atoms with Crippen molar-refractivity contribution < 1.29 is 9.59 Å². The molecule has 2 rings (SSSR count). The van der Waals surface area contributed by atoms with Crippen LogP contribution in [-0.4, -0.2) is 45.9 Å². The van der Waals surface area contributed by atoms with Crippen molar-refractivity contribution in [3.63, 3.8) is 0 Å². The number of hydrogen-bond donors (Lipinski definition) is 2. The maximum Gasteiger partial charge on any atom is 0.239 e. The van der Waals surface area contributed by atoms with E-state index in [0.717, 1.165) is 5.69 Å². The predicted molar refractivity (Wildman–Crippen MR) is 79.2 cm³/mol. The van der Waals surface area contributed by atoms with Crippen molar-refractivity contribution in [2.75, 3.05) is 19.3 Å². The summed E-state index contributed by atoms with van der Waals surface area (Å²) < 4.78 is 1.80. The van der Waals surface area contributed by atoms with Crippen LogP contribution in [0.5, 0.6) is 0 Å². The molecular weight excluding hydrogens is 290 g/mol. The van der Waals surface area contributed by atoms with Crippen LogP contribution in [0.15, 0.2) is 41.8 Å². The quantitative estimate of drug-likeness (QED) is 0.745. The molecule has 7 nitrogen and oxygen atoms in total. The van der Waals surface area contributed by atoms with E-state index in [2.05, 4.69) is 20.8 Å². The smallest absolute Gasteiger partial charge is 0.239 e. The second kappa shape index (κ2) is 7.44. The number of para-hydroxylation sites is 1. The highest BCUT2D eigenvalue weighted by molar-refractivity contribution is 7.99. The minimum absolute atomic E-state index is 0.0265. The number of rotatable bonds is 6. The number of benzene rings is 1. The van der Waals surface area contributed by atoms with Gasteiger partial charge in [-0.2, -0.15) is 0 Å². The highest BCUT2D eigenvalue weighted by Gasteiger charge is 2.10. The zero-order valence-corrected chi connectivity index (χ0v) is 12.3. The first-order valence-electron chi connectivity index (χ1n) is 6.26. The van der Waals surface area contributed by atoms with Gasteiger partial charge in [0.2, 0.25) is 11.8 Å². The summed E-state index contributed by atoms with van der Waals surface area (Å²) in [4.78, 5) is 22.7. The van der Waals surface area contributed by atoms with Gasteiger partial charge in [0.15, 0.2) is 5.16 Å². The van der Waals surface area contributed by atoms with Crippen LogP contribution in [0.1, 0.15) is 0 Å². The molecule has 0 spiro atoms. The topological polar surface area (TPSA) is 88.9 Å². The Hall–Kier alpha value is -2.35. The maximum absolute atomic E-state index is 11.6. The lowest BCUT2D eigenvalue weighted by Gasteiger charge is -2.06. The first-order valence-corrected chi connectivity index (χ1v) is 7.25. The lowest BCUT2D eigenvalue weighted by atomic mass is 10.3. The monoisotopic (exact) mass is 305 g/mol. The van der Waals surface area contributed by atoms with E-state index in [9.17, 15) is 9.59 Å². The molecule has 1 heterocycles. The summed E-state index contributed by atoms with van der Waals surface area (Å²) in [5, 5.41) is 13.4. The van der Waals surface area contributed by atoms with Gasteiger partial charge in [0.05, 0.1) is 12.3 Å². The van der Waals surface area contributed by atoms with Crippen LogP contribution in [0, 0.1) is 0 Å². The Morgan fingerprint density at radius 1 is 1.24 bits per heavy atom. The summed E-state index contributed by atoms with van der Waals surface area (Å²) in [7, 11) is 1.52. The number of aromatic nitrogens is 3. The van der Waals surface area contributed by atoms with E-state index in [4.69, 9.17) is 0 Å². The third-order valence-corrected chi connectivity index (χ3v) is 3.55. The molecule has 0 atom stereocenters. The molecule has 2 amide bonds. The maximum atomic E-state index is 11.6. The van der Waals surface area contributed by atoms with E-state index in [1.807, 2.05) is 30.3 Å². The fourth-order valence-corrected chi connectivity index (χ4v) is 2.30. The van der Waals surface area contributed by atoms with Crippen molar-refractivity contribution in [1.82, 2.24) is 25.4 Å². The number of thioether (sulfide) groups is 1. The van der Waals surface area contributed by atoms with Crippen molar-refractivity contribution in [2.24, 2.45) is 0 Å². The van der Waals surface area contributed by atoms with Crippen LogP contribution in [0.4, 0.5) is 0 Å². The molecule has 1 aromatic carbocycles. The molecule has 0 saturated heterocycles. The molecule has 0 bridgehead atoms. The summed E-state index contributed by atoms with van der Waals surface area (Å²) in [5.41, 5.74) is 0.927. The fourth-order valence-electron chi connectivity index (χ4n) is 1.54. The molecule has 8 heteroatoms. The molecule has 0 aliphatic rings. The van der Waals surface area contributed by atoms with Crippen LogP contribution < -0.4 is 10.6 Å². The average Bonchev–Trinajstić information content (AvgIpc) is 2.99. The van der Waals surface area contributed by atoms with E-state index in [0.29, 0.717) is 5.16 Å². The molecule has 0 saturated carbocycles.